The maximum absolute atomic E-state index is 10.2. The molecule has 0 bridgehead atoms. The van der Waals surface area contributed by atoms with E-state index in [4.69, 9.17) is 37.9 Å². The van der Waals surface area contributed by atoms with Crippen LogP contribution in [0.4, 0.5) is 0 Å². The van der Waals surface area contributed by atoms with E-state index in [9.17, 15) is 10.2 Å². The molecule has 31 heavy (non-hydrogen) atoms. The Balaban J connectivity index is 1.41. The van der Waals surface area contributed by atoms with Crippen LogP contribution in [0.2, 0.25) is 0 Å². The molecule has 3 fully saturated rings. The van der Waals surface area contributed by atoms with Crippen LogP contribution in [0.5, 0.6) is 0 Å². The van der Waals surface area contributed by atoms with E-state index < -0.39 is 49.4 Å². The van der Waals surface area contributed by atoms with Gasteiger partial charge in [0, 0.05) is 20.0 Å². The summed E-state index contributed by atoms with van der Waals surface area (Å²) in [5.74, 6) is -0.631. The summed E-state index contributed by atoms with van der Waals surface area (Å²) in [6.45, 7) is 4.15. The molecule has 0 aromatic heterocycles. The number of fused-ring (bicyclic) bond motifs is 1. The van der Waals surface area contributed by atoms with Gasteiger partial charge in [-0.05, 0) is 19.8 Å². The minimum atomic E-state index is -1.10. The third-order valence-corrected chi connectivity index (χ3v) is 5.80. The average Bonchev–Trinajstić information content (AvgIpc) is 3.27. The Labute approximate surface area is 184 Å². The summed E-state index contributed by atoms with van der Waals surface area (Å²) < 4.78 is 45.7. The molecular formula is C21H38O10. The maximum atomic E-state index is 10.2. The van der Waals surface area contributed by atoms with Crippen LogP contribution < -0.4 is 0 Å². The molecule has 2 saturated heterocycles. The Morgan fingerprint density at radius 1 is 0.968 bits per heavy atom. The first-order valence-corrected chi connectivity index (χ1v) is 11.3. The Morgan fingerprint density at radius 2 is 1.65 bits per heavy atom. The fraction of sp³-hybridized carbons (Fsp3) is 1.00. The van der Waals surface area contributed by atoms with Gasteiger partial charge in [0.25, 0.3) is 0 Å². The number of hydrogen-bond acceptors (Lipinski definition) is 10. The molecule has 3 rings (SSSR count). The molecule has 0 aromatic rings. The van der Waals surface area contributed by atoms with Gasteiger partial charge in [-0.3, -0.25) is 0 Å². The van der Waals surface area contributed by atoms with Gasteiger partial charge in [0.1, 0.15) is 24.4 Å². The van der Waals surface area contributed by atoms with Gasteiger partial charge in [-0.1, -0.05) is 6.42 Å². The van der Waals surface area contributed by atoms with Crippen LogP contribution in [0.3, 0.4) is 0 Å². The van der Waals surface area contributed by atoms with Crippen molar-refractivity contribution in [2.24, 2.45) is 0 Å². The van der Waals surface area contributed by atoms with Crippen LogP contribution in [0.1, 0.15) is 39.0 Å². The molecule has 1 aliphatic carbocycles. The summed E-state index contributed by atoms with van der Waals surface area (Å²) in [4.78, 5) is 0. The summed E-state index contributed by atoms with van der Waals surface area (Å²) in [5.41, 5.74) is 0. The predicted molar refractivity (Wildman–Crippen MR) is 107 cm³/mol. The number of rotatable bonds is 14. The van der Waals surface area contributed by atoms with Crippen molar-refractivity contribution in [2.45, 2.75) is 81.8 Å². The summed E-state index contributed by atoms with van der Waals surface area (Å²) in [6, 6.07) is 0. The van der Waals surface area contributed by atoms with Crippen molar-refractivity contribution in [2.75, 3.05) is 53.4 Å². The largest absolute Gasteiger partial charge is 0.394 e. The smallest absolute Gasteiger partial charge is 0.190 e. The molecule has 2 aliphatic heterocycles. The van der Waals surface area contributed by atoms with E-state index in [1.54, 1.807) is 14.0 Å². The van der Waals surface area contributed by atoms with E-state index in [-0.39, 0.29) is 0 Å². The third-order valence-electron chi connectivity index (χ3n) is 5.80. The zero-order valence-corrected chi connectivity index (χ0v) is 18.6. The van der Waals surface area contributed by atoms with Crippen molar-refractivity contribution in [1.82, 2.24) is 0 Å². The molecule has 2 heterocycles. The predicted octanol–water partition coefficient (Wildman–Crippen LogP) is 0.568. The number of aliphatic hydroxyl groups excluding tert-OH is 2. The lowest BCUT2D eigenvalue weighted by Gasteiger charge is -2.35. The number of aliphatic hydroxyl groups is 2. The molecule has 0 aromatic carbocycles. The Morgan fingerprint density at radius 3 is 2.32 bits per heavy atom. The SMILES string of the molecule is COCCOCCOCCOC(C)O[C@@H]1[C@H]2OC3(CCCCC3)O[C@H]2O[C@@H]1[C@@H](O)CO. The van der Waals surface area contributed by atoms with Gasteiger partial charge in [-0.15, -0.1) is 0 Å². The molecular weight excluding hydrogens is 412 g/mol. The molecule has 10 heteroatoms. The normalized spacial score (nSPS) is 31.7. The summed E-state index contributed by atoms with van der Waals surface area (Å²) >= 11 is 0. The first-order valence-electron chi connectivity index (χ1n) is 11.3. The Bertz CT molecular complexity index is 501. The lowest BCUT2D eigenvalue weighted by molar-refractivity contribution is -0.270. The highest BCUT2D eigenvalue weighted by Gasteiger charge is 2.59. The first-order chi connectivity index (χ1) is 15.1. The molecule has 6 atom stereocenters. The monoisotopic (exact) mass is 450 g/mol. The van der Waals surface area contributed by atoms with Crippen molar-refractivity contribution in [1.29, 1.82) is 0 Å². The Hall–Kier alpha value is -0.400. The van der Waals surface area contributed by atoms with Gasteiger partial charge in [0.15, 0.2) is 18.4 Å². The van der Waals surface area contributed by atoms with Gasteiger partial charge in [-0.25, -0.2) is 0 Å². The molecule has 0 amide bonds. The second kappa shape index (κ2) is 12.7. The van der Waals surface area contributed by atoms with Gasteiger partial charge in [0.05, 0.1) is 46.2 Å². The molecule has 10 nitrogen and oxygen atoms in total. The van der Waals surface area contributed by atoms with Crippen molar-refractivity contribution >= 4 is 0 Å². The van der Waals surface area contributed by atoms with Gasteiger partial charge in [-0.2, -0.15) is 0 Å². The number of methoxy groups -OCH3 is 1. The molecule has 0 radical (unpaired) electrons. The second-order valence-electron chi connectivity index (χ2n) is 8.15. The quantitative estimate of drug-likeness (QED) is 0.287. The fourth-order valence-electron chi connectivity index (χ4n) is 4.25. The first kappa shape index (κ1) is 25.2. The topological polar surface area (TPSA) is 114 Å². The zero-order valence-electron chi connectivity index (χ0n) is 18.6. The van der Waals surface area contributed by atoms with E-state index >= 15 is 0 Å². The van der Waals surface area contributed by atoms with Crippen LogP contribution in [-0.4, -0.2) is 106 Å². The second-order valence-corrected chi connectivity index (χ2v) is 8.15. The van der Waals surface area contributed by atoms with Crippen LogP contribution in [0.25, 0.3) is 0 Å². The number of hydrogen-bond donors (Lipinski definition) is 2. The Kier molecular flexibility index (Phi) is 10.4. The summed E-state index contributed by atoms with van der Waals surface area (Å²) in [6.07, 6.45) is 0.763. The standard InChI is InChI=1S/C21H38O10/c1-15(27-13-12-26-11-10-25-9-8-24-2)28-18-17(16(23)14-22)29-20-19(18)30-21(31-20)6-4-3-5-7-21/h15-20,22-23H,3-14H2,1-2H3/t15?,16-,17+,18-,19+,20+/m0/s1. The lowest BCUT2D eigenvalue weighted by atomic mass is 9.94. The molecule has 2 N–H and O–H groups in total. The van der Waals surface area contributed by atoms with E-state index in [0.717, 1.165) is 25.7 Å². The lowest BCUT2D eigenvalue weighted by Crippen LogP contribution is -2.46. The van der Waals surface area contributed by atoms with E-state index in [0.29, 0.717) is 39.6 Å². The highest BCUT2D eigenvalue weighted by molar-refractivity contribution is 4.99. The molecule has 1 saturated carbocycles. The maximum Gasteiger partial charge on any atom is 0.190 e. The van der Waals surface area contributed by atoms with Crippen LogP contribution in [0.15, 0.2) is 0 Å². The van der Waals surface area contributed by atoms with Crippen LogP contribution >= 0.6 is 0 Å². The van der Waals surface area contributed by atoms with Crippen molar-refractivity contribution in [3.8, 4) is 0 Å². The van der Waals surface area contributed by atoms with Gasteiger partial charge < -0.3 is 48.1 Å². The molecule has 3 aliphatic rings. The number of ether oxygens (including phenoxy) is 8. The summed E-state index contributed by atoms with van der Waals surface area (Å²) in [7, 11) is 1.63. The average molecular weight is 451 g/mol. The molecule has 182 valence electrons. The summed E-state index contributed by atoms with van der Waals surface area (Å²) in [5, 5.41) is 19.6. The fourth-order valence-corrected chi connectivity index (χ4v) is 4.25. The van der Waals surface area contributed by atoms with E-state index in [1.165, 1.54) is 6.42 Å². The highest BCUT2D eigenvalue weighted by atomic mass is 16.9. The highest BCUT2D eigenvalue weighted by Crippen LogP contribution is 2.46. The molecule has 1 unspecified atom stereocenters. The van der Waals surface area contributed by atoms with Crippen molar-refractivity contribution < 1.29 is 48.1 Å². The van der Waals surface area contributed by atoms with Crippen LogP contribution in [-0.2, 0) is 37.9 Å². The van der Waals surface area contributed by atoms with Crippen LogP contribution in [0, 0.1) is 0 Å². The van der Waals surface area contributed by atoms with Gasteiger partial charge >= 0.3 is 0 Å². The van der Waals surface area contributed by atoms with Gasteiger partial charge in [0.2, 0.25) is 0 Å². The zero-order chi connectivity index (χ0) is 22.1. The minimum absolute atomic E-state index is 0.343. The minimum Gasteiger partial charge on any atom is -0.394 e. The van der Waals surface area contributed by atoms with Crippen molar-refractivity contribution in [3.05, 3.63) is 0 Å². The molecule has 1 spiro atoms. The van der Waals surface area contributed by atoms with Crippen molar-refractivity contribution in [3.63, 3.8) is 0 Å². The third kappa shape index (κ3) is 7.04. The van der Waals surface area contributed by atoms with E-state index in [1.807, 2.05) is 0 Å². The van der Waals surface area contributed by atoms with E-state index in [2.05, 4.69) is 0 Å².